The summed E-state index contributed by atoms with van der Waals surface area (Å²) in [6, 6.07) is 0.283. The van der Waals surface area contributed by atoms with Gasteiger partial charge in [-0.3, -0.25) is 9.48 Å². The summed E-state index contributed by atoms with van der Waals surface area (Å²) in [7, 11) is 0. The summed E-state index contributed by atoms with van der Waals surface area (Å²) < 4.78 is 1.66. The monoisotopic (exact) mass is 264 g/mol. The van der Waals surface area contributed by atoms with Crippen LogP contribution in [0.2, 0.25) is 0 Å². The molecule has 3 N–H and O–H groups in total. The Bertz CT molecular complexity index is 441. The van der Waals surface area contributed by atoms with Gasteiger partial charge in [0.25, 0.3) is 5.91 Å². The van der Waals surface area contributed by atoms with Crippen molar-refractivity contribution in [2.45, 2.75) is 58.5 Å². The van der Waals surface area contributed by atoms with E-state index in [1.54, 1.807) is 10.9 Å². The summed E-state index contributed by atoms with van der Waals surface area (Å²) in [4.78, 5) is 12.3. The zero-order chi connectivity index (χ0) is 13.8. The van der Waals surface area contributed by atoms with Crippen LogP contribution < -0.4 is 11.1 Å². The molecule has 106 valence electrons. The maximum absolute atomic E-state index is 12.3. The molecule has 0 aromatic carbocycles. The van der Waals surface area contributed by atoms with E-state index in [1.807, 2.05) is 6.92 Å². The maximum Gasteiger partial charge on any atom is 0.271 e. The molecule has 0 radical (unpaired) electrons. The third-order valence-electron chi connectivity index (χ3n) is 4.08. The first-order valence-corrected chi connectivity index (χ1v) is 7.27. The van der Waals surface area contributed by atoms with Crippen LogP contribution in [0.25, 0.3) is 0 Å². The van der Waals surface area contributed by atoms with Gasteiger partial charge in [0.1, 0.15) is 5.69 Å². The fourth-order valence-electron chi connectivity index (χ4n) is 2.93. The molecule has 2 unspecified atom stereocenters. The highest BCUT2D eigenvalue weighted by atomic mass is 16.2. The first kappa shape index (κ1) is 13.9. The average molecular weight is 264 g/mol. The van der Waals surface area contributed by atoms with Gasteiger partial charge in [-0.25, -0.2) is 0 Å². The van der Waals surface area contributed by atoms with E-state index >= 15 is 0 Å². The van der Waals surface area contributed by atoms with Crippen LogP contribution in [-0.2, 0) is 6.54 Å². The quantitative estimate of drug-likeness (QED) is 0.875. The highest BCUT2D eigenvalue weighted by Gasteiger charge is 2.24. The Morgan fingerprint density at radius 2 is 2.32 bits per heavy atom. The molecule has 1 amide bonds. The first-order valence-electron chi connectivity index (χ1n) is 7.27. The largest absolute Gasteiger partial charge is 0.396 e. The number of nitrogen functional groups attached to an aromatic ring is 1. The van der Waals surface area contributed by atoms with Crippen molar-refractivity contribution in [1.29, 1.82) is 0 Å². The van der Waals surface area contributed by atoms with Crippen LogP contribution >= 0.6 is 0 Å². The third kappa shape index (κ3) is 3.08. The van der Waals surface area contributed by atoms with Crippen LogP contribution in [-0.4, -0.2) is 21.7 Å². The molecule has 5 nitrogen and oxygen atoms in total. The molecule has 1 aromatic rings. The van der Waals surface area contributed by atoms with Crippen LogP contribution in [0.4, 0.5) is 5.69 Å². The van der Waals surface area contributed by atoms with Crippen LogP contribution in [0, 0.1) is 5.92 Å². The Labute approximate surface area is 114 Å². The standard InChI is InChI=1S/C14H24N4O/c1-3-10-6-5-7-11(8-10)17-14(19)13-12(15)9-16-18(13)4-2/h9-11H,3-8,15H2,1-2H3,(H,17,19). The van der Waals surface area contributed by atoms with E-state index in [9.17, 15) is 4.79 Å². The number of hydrogen-bond acceptors (Lipinski definition) is 3. The SMILES string of the molecule is CCC1CCCC(NC(=O)c2c(N)cnn2CC)C1. The Morgan fingerprint density at radius 1 is 1.53 bits per heavy atom. The molecular formula is C14H24N4O. The number of nitrogens with two attached hydrogens (primary N) is 1. The minimum absolute atomic E-state index is 0.0846. The summed E-state index contributed by atoms with van der Waals surface area (Å²) in [5.41, 5.74) is 6.79. The molecule has 1 saturated carbocycles. The van der Waals surface area contributed by atoms with Gasteiger partial charge in [-0.2, -0.15) is 5.10 Å². The van der Waals surface area contributed by atoms with Crippen LogP contribution in [0.1, 0.15) is 56.4 Å². The van der Waals surface area contributed by atoms with Crippen molar-refractivity contribution in [2.75, 3.05) is 5.73 Å². The molecule has 1 fully saturated rings. The molecule has 0 bridgehead atoms. The third-order valence-corrected chi connectivity index (χ3v) is 4.08. The fraction of sp³-hybridized carbons (Fsp3) is 0.714. The van der Waals surface area contributed by atoms with Crippen LogP contribution in [0.15, 0.2) is 6.20 Å². The number of anilines is 1. The zero-order valence-corrected chi connectivity index (χ0v) is 11.9. The van der Waals surface area contributed by atoms with Crippen molar-refractivity contribution < 1.29 is 4.79 Å². The molecule has 1 aliphatic carbocycles. The zero-order valence-electron chi connectivity index (χ0n) is 11.9. The predicted octanol–water partition coefficient (Wildman–Crippen LogP) is 2.18. The number of aromatic nitrogens is 2. The summed E-state index contributed by atoms with van der Waals surface area (Å²) in [6.07, 6.45) is 7.39. The molecule has 2 atom stereocenters. The van der Waals surface area contributed by atoms with E-state index in [-0.39, 0.29) is 11.9 Å². The lowest BCUT2D eigenvalue weighted by Gasteiger charge is -2.29. The molecule has 1 aromatic heterocycles. The Balaban J connectivity index is 2.02. The van der Waals surface area contributed by atoms with Gasteiger partial charge in [0.2, 0.25) is 0 Å². The van der Waals surface area contributed by atoms with Crippen LogP contribution in [0.5, 0.6) is 0 Å². The van der Waals surface area contributed by atoms with Gasteiger partial charge in [-0.15, -0.1) is 0 Å². The normalized spacial score (nSPS) is 23.3. The van der Waals surface area contributed by atoms with Crippen LogP contribution in [0.3, 0.4) is 0 Å². The lowest BCUT2D eigenvalue weighted by molar-refractivity contribution is 0.0909. The van der Waals surface area contributed by atoms with Gasteiger partial charge in [0.15, 0.2) is 0 Å². The van der Waals surface area contributed by atoms with E-state index in [0.717, 1.165) is 18.8 Å². The minimum Gasteiger partial charge on any atom is -0.396 e. The number of hydrogen-bond donors (Lipinski definition) is 2. The molecule has 1 heterocycles. The summed E-state index contributed by atoms with van der Waals surface area (Å²) in [5.74, 6) is 0.658. The summed E-state index contributed by atoms with van der Waals surface area (Å²) in [6.45, 7) is 4.83. The molecule has 0 spiro atoms. The second-order valence-corrected chi connectivity index (χ2v) is 5.38. The van der Waals surface area contributed by atoms with Gasteiger partial charge < -0.3 is 11.1 Å². The maximum atomic E-state index is 12.3. The topological polar surface area (TPSA) is 72.9 Å². The van der Waals surface area contributed by atoms with Crippen molar-refractivity contribution in [3.63, 3.8) is 0 Å². The highest BCUT2D eigenvalue weighted by molar-refractivity contribution is 5.97. The number of rotatable bonds is 4. The van der Waals surface area contributed by atoms with Crippen molar-refractivity contribution >= 4 is 11.6 Å². The lowest BCUT2D eigenvalue weighted by atomic mass is 9.84. The van der Waals surface area contributed by atoms with Gasteiger partial charge in [-0.1, -0.05) is 26.2 Å². The van der Waals surface area contributed by atoms with E-state index in [1.165, 1.54) is 19.3 Å². The van der Waals surface area contributed by atoms with Crippen molar-refractivity contribution in [3.05, 3.63) is 11.9 Å². The second-order valence-electron chi connectivity index (χ2n) is 5.38. The molecule has 1 aliphatic rings. The van der Waals surface area contributed by atoms with Gasteiger partial charge in [-0.05, 0) is 25.7 Å². The van der Waals surface area contributed by atoms with Crippen molar-refractivity contribution in [2.24, 2.45) is 5.92 Å². The Morgan fingerprint density at radius 3 is 3.00 bits per heavy atom. The average Bonchev–Trinajstić information content (AvgIpc) is 2.80. The van der Waals surface area contributed by atoms with E-state index < -0.39 is 0 Å². The number of nitrogens with one attached hydrogen (secondary N) is 1. The number of carbonyl (C=O) groups is 1. The molecular weight excluding hydrogens is 240 g/mol. The Kier molecular flexibility index (Phi) is 4.45. The first-order chi connectivity index (χ1) is 9.15. The highest BCUT2D eigenvalue weighted by Crippen LogP contribution is 2.26. The molecule has 19 heavy (non-hydrogen) atoms. The molecule has 0 aliphatic heterocycles. The smallest absolute Gasteiger partial charge is 0.271 e. The lowest BCUT2D eigenvalue weighted by Crippen LogP contribution is -2.39. The number of nitrogens with zero attached hydrogens (tertiary/aromatic N) is 2. The molecule has 5 heteroatoms. The summed E-state index contributed by atoms with van der Waals surface area (Å²) in [5, 5.41) is 7.23. The predicted molar refractivity (Wildman–Crippen MR) is 75.8 cm³/mol. The molecule has 2 rings (SSSR count). The molecule has 0 saturated heterocycles. The fourth-order valence-corrected chi connectivity index (χ4v) is 2.93. The van der Waals surface area contributed by atoms with Gasteiger partial charge >= 0.3 is 0 Å². The van der Waals surface area contributed by atoms with E-state index in [0.29, 0.717) is 17.9 Å². The number of carbonyl (C=O) groups excluding carboxylic acids is 1. The van der Waals surface area contributed by atoms with E-state index in [2.05, 4.69) is 17.3 Å². The number of amides is 1. The van der Waals surface area contributed by atoms with Crippen molar-refractivity contribution in [3.8, 4) is 0 Å². The Hall–Kier alpha value is -1.52. The summed E-state index contributed by atoms with van der Waals surface area (Å²) >= 11 is 0. The van der Waals surface area contributed by atoms with Gasteiger partial charge in [0, 0.05) is 12.6 Å². The second kappa shape index (κ2) is 6.08. The van der Waals surface area contributed by atoms with E-state index in [4.69, 9.17) is 5.73 Å². The van der Waals surface area contributed by atoms with Gasteiger partial charge in [0.05, 0.1) is 11.9 Å². The number of aryl methyl sites for hydroxylation is 1. The minimum atomic E-state index is -0.0846. The van der Waals surface area contributed by atoms with Crippen molar-refractivity contribution in [1.82, 2.24) is 15.1 Å².